The number of nitrogens with one attached hydrogen (secondary N) is 1. The van der Waals surface area contributed by atoms with Gasteiger partial charge >= 0.3 is 0 Å². The Bertz CT molecular complexity index is 840. The maximum atomic E-state index is 6.13. The number of fused-ring (bicyclic) bond motifs is 1. The number of hydrogen-bond donors (Lipinski definition) is 1. The third kappa shape index (κ3) is 4.86. The Morgan fingerprint density at radius 1 is 0.885 bits per heavy atom. The molecule has 26 heavy (non-hydrogen) atoms. The van der Waals surface area contributed by atoms with Crippen LogP contribution in [0.3, 0.4) is 0 Å². The van der Waals surface area contributed by atoms with Gasteiger partial charge < -0.3 is 10.1 Å². The molecule has 0 spiro atoms. The van der Waals surface area contributed by atoms with E-state index in [0.717, 1.165) is 31.9 Å². The topological polar surface area (TPSA) is 21.3 Å². The summed E-state index contributed by atoms with van der Waals surface area (Å²) in [4.78, 5) is 0. The molecule has 0 radical (unpaired) electrons. The van der Waals surface area contributed by atoms with E-state index in [1.807, 2.05) is 0 Å². The second-order valence-electron chi connectivity index (χ2n) is 6.91. The number of hydrogen-bond acceptors (Lipinski definition) is 2. The van der Waals surface area contributed by atoms with Crippen molar-refractivity contribution in [1.82, 2.24) is 5.32 Å². The first kappa shape index (κ1) is 18.5. The summed E-state index contributed by atoms with van der Waals surface area (Å²) < 4.78 is 6.13. The summed E-state index contributed by atoms with van der Waals surface area (Å²) in [7, 11) is 0. The Morgan fingerprint density at radius 2 is 1.77 bits per heavy atom. The van der Waals surface area contributed by atoms with Gasteiger partial charge in [-0.15, -0.1) is 0 Å². The summed E-state index contributed by atoms with van der Waals surface area (Å²) in [6.45, 7) is 6.81. The highest BCUT2D eigenvalue weighted by atomic mass is 16.5. The normalized spacial score (nSPS) is 11.0. The molecule has 136 valence electrons. The number of unbranched alkanes of at least 4 members (excludes halogenated alkanes) is 2. The summed E-state index contributed by atoms with van der Waals surface area (Å²) in [5.41, 5.74) is 3.87. The average Bonchev–Trinajstić information content (AvgIpc) is 2.66. The Morgan fingerprint density at radius 3 is 2.62 bits per heavy atom. The molecule has 0 atom stereocenters. The van der Waals surface area contributed by atoms with Crippen molar-refractivity contribution in [1.29, 1.82) is 0 Å². The molecule has 0 fully saturated rings. The maximum Gasteiger partial charge on any atom is 0.124 e. The molecule has 0 bridgehead atoms. The van der Waals surface area contributed by atoms with Gasteiger partial charge in [0, 0.05) is 18.7 Å². The van der Waals surface area contributed by atoms with Gasteiger partial charge in [0.15, 0.2) is 0 Å². The number of benzene rings is 3. The molecule has 2 nitrogen and oxygen atoms in total. The van der Waals surface area contributed by atoms with Crippen molar-refractivity contribution in [3.8, 4) is 5.75 Å². The minimum atomic E-state index is 0.789. The zero-order valence-electron chi connectivity index (χ0n) is 15.9. The second kappa shape index (κ2) is 9.40. The Labute approximate surface area is 157 Å². The van der Waals surface area contributed by atoms with Crippen LogP contribution in [-0.2, 0) is 13.1 Å². The standard InChI is InChI=1S/C24H29NO/c1-3-4-7-15-26-24-14-13-21-11-5-6-12-22(21)23(24)18-25-17-20-10-8-9-19(2)16-20/h5-6,8-14,16,25H,3-4,7,15,17-18H2,1-2H3. The SMILES string of the molecule is CCCCCOc1ccc2ccccc2c1CNCc1cccc(C)c1. The van der Waals surface area contributed by atoms with E-state index >= 15 is 0 Å². The summed E-state index contributed by atoms with van der Waals surface area (Å²) in [5.74, 6) is 1.01. The van der Waals surface area contributed by atoms with Crippen LogP contribution < -0.4 is 10.1 Å². The Balaban J connectivity index is 1.74. The van der Waals surface area contributed by atoms with Gasteiger partial charge in [-0.25, -0.2) is 0 Å². The average molecular weight is 348 g/mol. The fourth-order valence-corrected chi connectivity index (χ4v) is 3.32. The van der Waals surface area contributed by atoms with E-state index in [1.54, 1.807) is 0 Å². The van der Waals surface area contributed by atoms with Crippen LogP contribution in [0.15, 0.2) is 60.7 Å². The highest BCUT2D eigenvalue weighted by molar-refractivity contribution is 5.87. The molecule has 0 saturated carbocycles. The van der Waals surface area contributed by atoms with Gasteiger partial charge in [-0.05, 0) is 35.7 Å². The largest absolute Gasteiger partial charge is 0.493 e. The monoisotopic (exact) mass is 347 g/mol. The summed E-state index contributed by atoms with van der Waals surface area (Å²) in [6.07, 6.45) is 3.54. The smallest absolute Gasteiger partial charge is 0.124 e. The van der Waals surface area contributed by atoms with Crippen LogP contribution in [0.1, 0.15) is 42.9 Å². The molecule has 0 aliphatic heterocycles. The highest BCUT2D eigenvalue weighted by Crippen LogP contribution is 2.28. The highest BCUT2D eigenvalue weighted by Gasteiger charge is 2.09. The lowest BCUT2D eigenvalue weighted by Crippen LogP contribution is -2.14. The molecule has 0 saturated heterocycles. The molecule has 0 heterocycles. The zero-order valence-corrected chi connectivity index (χ0v) is 15.9. The predicted octanol–water partition coefficient (Wildman–Crippen LogP) is 6.01. The van der Waals surface area contributed by atoms with Crippen molar-refractivity contribution in [3.05, 3.63) is 77.4 Å². The fraction of sp³-hybridized carbons (Fsp3) is 0.333. The van der Waals surface area contributed by atoms with Crippen LogP contribution >= 0.6 is 0 Å². The van der Waals surface area contributed by atoms with Crippen molar-refractivity contribution < 1.29 is 4.74 Å². The molecule has 1 N–H and O–H groups in total. The van der Waals surface area contributed by atoms with E-state index in [9.17, 15) is 0 Å². The van der Waals surface area contributed by atoms with Gasteiger partial charge in [-0.2, -0.15) is 0 Å². The molecule has 0 aliphatic carbocycles. The van der Waals surface area contributed by atoms with Crippen molar-refractivity contribution in [3.63, 3.8) is 0 Å². The first-order valence-corrected chi connectivity index (χ1v) is 9.67. The third-order valence-electron chi connectivity index (χ3n) is 4.72. The van der Waals surface area contributed by atoms with E-state index in [4.69, 9.17) is 4.74 Å². The lowest BCUT2D eigenvalue weighted by Gasteiger charge is -2.15. The molecule has 0 amide bonds. The first-order valence-electron chi connectivity index (χ1n) is 9.67. The lowest BCUT2D eigenvalue weighted by atomic mass is 10.0. The summed E-state index contributed by atoms with van der Waals surface area (Å²) >= 11 is 0. The minimum absolute atomic E-state index is 0.789. The molecule has 0 unspecified atom stereocenters. The summed E-state index contributed by atoms with van der Waals surface area (Å²) in [6, 6.07) is 21.5. The number of ether oxygens (including phenoxy) is 1. The van der Waals surface area contributed by atoms with E-state index in [2.05, 4.69) is 79.8 Å². The van der Waals surface area contributed by atoms with E-state index in [0.29, 0.717) is 0 Å². The van der Waals surface area contributed by atoms with Crippen molar-refractivity contribution >= 4 is 10.8 Å². The molecular formula is C24H29NO. The number of rotatable bonds is 9. The lowest BCUT2D eigenvalue weighted by molar-refractivity contribution is 0.303. The van der Waals surface area contributed by atoms with Gasteiger partial charge in [0.1, 0.15) is 5.75 Å². The van der Waals surface area contributed by atoms with Crippen LogP contribution in [0.25, 0.3) is 10.8 Å². The fourth-order valence-electron chi connectivity index (χ4n) is 3.32. The zero-order chi connectivity index (χ0) is 18.2. The second-order valence-corrected chi connectivity index (χ2v) is 6.91. The molecule has 0 aliphatic rings. The van der Waals surface area contributed by atoms with Gasteiger partial charge in [0.25, 0.3) is 0 Å². The molecule has 0 aromatic heterocycles. The molecular weight excluding hydrogens is 318 g/mol. The quantitative estimate of drug-likeness (QED) is 0.479. The minimum Gasteiger partial charge on any atom is -0.493 e. The molecule has 3 aromatic rings. The molecule has 3 aromatic carbocycles. The first-order chi connectivity index (χ1) is 12.8. The van der Waals surface area contributed by atoms with Crippen LogP contribution in [0.5, 0.6) is 5.75 Å². The van der Waals surface area contributed by atoms with Crippen LogP contribution in [0.2, 0.25) is 0 Å². The number of aryl methyl sites for hydroxylation is 1. The Kier molecular flexibility index (Phi) is 6.68. The van der Waals surface area contributed by atoms with Crippen molar-refractivity contribution in [2.45, 2.75) is 46.2 Å². The van der Waals surface area contributed by atoms with Crippen LogP contribution in [0, 0.1) is 6.92 Å². The molecule has 2 heteroatoms. The maximum absolute atomic E-state index is 6.13. The van der Waals surface area contributed by atoms with Crippen molar-refractivity contribution in [2.75, 3.05) is 6.61 Å². The van der Waals surface area contributed by atoms with Gasteiger partial charge in [-0.1, -0.05) is 79.9 Å². The predicted molar refractivity (Wildman–Crippen MR) is 111 cm³/mol. The van der Waals surface area contributed by atoms with E-state index in [1.165, 1.54) is 40.3 Å². The Hall–Kier alpha value is -2.32. The molecule has 3 rings (SSSR count). The van der Waals surface area contributed by atoms with Crippen LogP contribution in [0.4, 0.5) is 0 Å². The van der Waals surface area contributed by atoms with Gasteiger partial charge in [0.05, 0.1) is 6.61 Å². The van der Waals surface area contributed by atoms with E-state index < -0.39 is 0 Å². The third-order valence-corrected chi connectivity index (χ3v) is 4.72. The van der Waals surface area contributed by atoms with E-state index in [-0.39, 0.29) is 0 Å². The van der Waals surface area contributed by atoms with Gasteiger partial charge in [-0.3, -0.25) is 0 Å². The van der Waals surface area contributed by atoms with Crippen LogP contribution in [-0.4, -0.2) is 6.61 Å². The van der Waals surface area contributed by atoms with Gasteiger partial charge in [0.2, 0.25) is 0 Å². The summed E-state index contributed by atoms with van der Waals surface area (Å²) in [5, 5.41) is 6.14. The van der Waals surface area contributed by atoms with Crippen molar-refractivity contribution in [2.24, 2.45) is 0 Å².